The summed E-state index contributed by atoms with van der Waals surface area (Å²) in [6.45, 7) is 1.90. The average Bonchev–Trinajstić information content (AvgIpc) is 3.57. The number of halogens is 1. The first-order valence-electron chi connectivity index (χ1n) is 12.6. The van der Waals surface area contributed by atoms with Gasteiger partial charge in [-0.25, -0.2) is 14.4 Å². The van der Waals surface area contributed by atoms with Gasteiger partial charge in [0.15, 0.2) is 11.5 Å². The summed E-state index contributed by atoms with van der Waals surface area (Å²) in [5, 5.41) is 20.7. The lowest BCUT2D eigenvalue weighted by molar-refractivity contribution is 0.162. The van der Waals surface area contributed by atoms with Gasteiger partial charge >= 0.3 is 0 Å². The van der Waals surface area contributed by atoms with Gasteiger partial charge < -0.3 is 20.1 Å². The number of nitrogens with zero attached hydrogens (tertiary/aromatic N) is 5. The Labute approximate surface area is 221 Å². The number of aromatic amines is 2. The molecule has 5 aromatic heterocycles. The topological polar surface area (TPSA) is 138 Å². The van der Waals surface area contributed by atoms with Gasteiger partial charge in [-0.3, -0.25) is 15.1 Å². The van der Waals surface area contributed by atoms with Gasteiger partial charge in [0.1, 0.15) is 34.5 Å². The minimum absolute atomic E-state index is 0.169. The first-order valence-corrected chi connectivity index (χ1v) is 12.6. The Morgan fingerprint density at radius 1 is 0.897 bits per heavy atom. The van der Waals surface area contributed by atoms with Crippen molar-refractivity contribution < 1.29 is 14.2 Å². The molecule has 39 heavy (non-hydrogen) atoms. The van der Waals surface area contributed by atoms with Crippen LogP contribution in [0.1, 0.15) is 12.8 Å². The Bertz CT molecular complexity index is 1810. The second-order valence-electron chi connectivity index (χ2n) is 9.48. The van der Waals surface area contributed by atoms with Crippen molar-refractivity contribution in [3.8, 4) is 45.5 Å². The van der Waals surface area contributed by atoms with Crippen LogP contribution in [-0.4, -0.2) is 59.4 Å². The third kappa shape index (κ3) is 4.42. The molecular formula is C28H23FN8O2. The highest BCUT2D eigenvalue weighted by molar-refractivity contribution is 5.95. The van der Waals surface area contributed by atoms with Crippen molar-refractivity contribution in [1.82, 2.24) is 40.4 Å². The number of pyridine rings is 3. The molecule has 1 aromatic carbocycles. The highest BCUT2D eigenvalue weighted by Crippen LogP contribution is 2.32. The molecule has 194 valence electrons. The predicted molar refractivity (Wildman–Crippen MR) is 144 cm³/mol. The van der Waals surface area contributed by atoms with Crippen molar-refractivity contribution in [3.05, 3.63) is 66.9 Å². The van der Waals surface area contributed by atoms with Gasteiger partial charge in [-0.1, -0.05) is 0 Å². The Kier molecular flexibility index (Phi) is 5.63. The summed E-state index contributed by atoms with van der Waals surface area (Å²) in [6, 6.07) is 11.4. The molecule has 11 heteroatoms. The summed E-state index contributed by atoms with van der Waals surface area (Å²) in [6.07, 6.45) is 7.18. The fraction of sp³-hybridized carbons (Fsp3) is 0.179. The number of H-pyrrole nitrogens is 2. The van der Waals surface area contributed by atoms with E-state index in [0.717, 1.165) is 54.5 Å². The van der Waals surface area contributed by atoms with Crippen molar-refractivity contribution in [2.75, 3.05) is 13.1 Å². The van der Waals surface area contributed by atoms with Crippen LogP contribution in [0.5, 0.6) is 11.5 Å². The van der Waals surface area contributed by atoms with Gasteiger partial charge in [0.2, 0.25) is 0 Å². The van der Waals surface area contributed by atoms with Gasteiger partial charge in [-0.15, -0.1) is 0 Å². The molecule has 0 amide bonds. The first-order chi connectivity index (χ1) is 19.1. The molecule has 10 nitrogen and oxygen atoms in total. The number of hydrogen-bond donors (Lipinski definition) is 4. The Hall–Kier alpha value is -4.90. The molecule has 0 spiro atoms. The molecule has 0 unspecified atom stereocenters. The summed E-state index contributed by atoms with van der Waals surface area (Å²) in [5.41, 5.74) is 5.55. The summed E-state index contributed by atoms with van der Waals surface area (Å²) >= 11 is 0. The predicted octanol–water partition coefficient (Wildman–Crippen LogP) is 4.60. The number of piperidine rings is 1. The van der Waals surface area contributed by atoms with Crippen molar-refractivity contribution in [2.24, 2.45) is 0 Å². The average molecular weight is 523 g/mol. The molecule has 0 bridgehead atoms. The van der Waals surface area contributed by atoms with Gasteiger partial charge in [0, 0.05) is 29.6 Å². The van der Waals surface area contributed by atoms with E-state index in [2.05, 4.69) is 30.5 Å². The minimum atomic E-state index is -0.561. The molecule has 4 N–H and O–H groups in total. The fourth-order valence-corrected chi connectivity index (χ4v) is 4.92. The lowest BCUT2D eigenvalue weighted by atomic mass is 10.1. The van der Waals surface area contributed by atoms with Gasteiger partial charge in [-0.05, 0) is 62.3 Å². The maximum absolute atomic E-state index is 14.0. The number of phenols is 1. The zero-order valence-corrected chi connectivity index (χ0v) is 20.6. The van der Waals surface area contributed by atoms with Gasteiger partial charge in [0.25, 0.3) is 0 Å². The number of fused-ring (bicyclic) bond motifs is 2. The van der Waals surface area contributed by atoms with Crippen LogP contribution in [-0.2, 0) is 0 Å². The van der Waals surface area contributed by atoms with E-state index in [-0.39, 0.29) is 11.9 Å². The van der Waals surface area contributed by atoms with Crippen LogP contribution in [0.4, 0.5) is 4.39 Å². The standard InChI is InChI=1S/C28H23FN8O2/c29-17-9-15(10-18(38)12-17)24-25-22(5-8-32-24)34-28(35-25)27-26-23(36-37-27)2-1-21(33-26)16-11-20(14-31-13-16)39-19-3-6-30-7-4-19/h1-2,5,8-14,19,30,38H,3-4,6-7H2,(H,34,35)(H,36,37). The van der Waals surface area contributed by atoms with Gasteiger partial charge in [0.05, 0.1) is 28.6 Å². The number of benzene rings is 1. The van der Waals surface area contributed by atoms with Crippen molar-refractivity contribution in [1.29, 1.82) is 0 Å². The Morgan fingerprint density at radius 3 is 2.64 bits per heavy atom. The molecule has 6 heterocycles. The normalized spacial score (nSPS) is 14.3. The number of phenolic OH excluding ortho intramolecular Hbond substituents is 1. The van der Waals surface area contributed by atoms with Crippen LogP contribution >= 0.6 is 0 Å². The molecular weight excluding hydrogens is 499 g/mol. The maximum Gasteiger partial charge on any atom is 0.161 e. The number of aromatic hydroxyl groups is 1. The number of imidazole rings is 1. The van der Waals surface area contributed by atoms with Crippen LogP contribution in [0, 0.1) is 5.82 Å². The lowest BCUT2D eigenvalue weighted by Crippen LogP contribution is -2.34. The van der Waals surface area contributed by atoms with Crippen LogP contribution < -0.4 is 10.1 Å². The van der Waals surface area contributed by atoms with Gasteiger partial charge in [-0.2, -0.15) is 5.10 Å². The molecule has 0 saturated carbocycles. The van der Waals surface area contributed by atoms with Crippen molar-refractivity contribution >= 4 is 22.1 Å². The van der Waals surface area contributed by atoms with E-state index in [0.29, 0.717) is 39.3 Å². The Balaban J connectivity index is 1.26. The molecule has 7 rings (SSSR count). The fourth-order valence-electron chi connectivity index (χ4n) is 4.92. The van der Waals surface area contributed by atoms with E-state index >= 15 is 0 Å². The molecule has 1 fully saturated rings. The van der Waals surface area contributed by atoms with Crippen LogP contribution in [0.3, 0.4) is 0 Å². The van der Waals surface area contributed by atoms with Crippen LogP contribution in [0.25, 0.3) is 56.1 Å². The number of nitrogens with one attached hydrogen (secondary N) is 3. The number of hydrogen-bond acceptors (Lipinski definition) is 8. The summed E-state index contributed by atoms with van der Waals surface area (Å²) in [7, 11) is 0. The highest BCUT2D eigenvalue weighted by atomic mass is 19.1. The molecule has 6 aromatic rings. The SMILES string of the molecule is Oc1cc(F)cc(-c2nccc3[nH]c(-c4n[nH]c5ccc(-c6cncc(OC7CCNCC7)c6)nc45)nc23)c1. The van der Waals surface area contributed by atoms with E-state index < -0.39 is 5.82 Å². The molecule has 1 aliphatic heterocycles. The molecule has 0 aliphatic carbocycles. The van der Waals surface area contributed by atoms with E-state index in [4.69, 9.17) is 14.7 Å². The van der Waals surface area contributed by atoms with E-state index in [9.17, 15) is 9.50 Å². The van der Waals surface area contributed by atoms with E-state index in [1.54, 1.807) is 24.7 Å². The maximum atomic E-state index is 14.0. The zero-order valence-electron chi connectivity index (χ0n) is 20.6. The smallest absolute Gasteiger partial charge is 0.161 e. The Morgan fingerprint density at radius 2 is 1.77 bits per heavy atom. The van der Waals surface area contributed by atoms with Crippen LogP contribution in [0.2, 0.25) is 0 Å². The van der Waals surface area contributed by atoms with Crippen molar-refractivity contribution in [2.45, 2.75) is 18.9 Å². The number of aromatic nitrogens is 7. The quantitative estimate of drug-likeness (QED) is 0.258. The molecule has 1 aliphatic rings. The van der Waals surface area contributed by atoms with Crippen molar-refractivity contribution in [3.63, 3.8) is 0 Å². The number of ether oxygens (including phenoxy) is 1. The third-order valence-corrected chi connectivity index (χ3v) is 6.79. The first kappa shape index (κ1) is 23.2. The van der Waals surface area contributed by atoms with Crippen LogP contribution in [0.15, 0.2) is 61.1 Å². The lowest BCUT2D eigenvalue weighted by Gasteiger charge is -2.23. The third-order valence-electron chi connectivity index (χ3n) is 6.79. The summed E-state index contributed by atoms with van der Waals surface area (Å²) in [4.78, 5) is 21.7. The second-order valence-corrected chi connectivity index (χ2v) is 9.48. The van der Waals surface area contributed by atoms with E-state index in [1.165, 1.54) is 12.1 Å². The summed E-state index contributed by atoms with van der Waals surface area (Å²) < 4.78 is 20.2. The zero-order chi connectivity index (χ0) is 26.3. The molecule has 1 saturated heterocycles. The largest absolute Gasteiger partial charge is 0.508 e. The summed E-state index contributed by atoms with van der Waals surface area (Å²) in [5.74, 6) is 0.454. The monoisotopic (exact) mass is 522 g/mol. The number of rotatable bonds is 5. The minimum Gasteiger partial charge on any atom is -0.508 e. The molecule has 0 radical (unpaired) electrons. The highest BCUT2D eigenvalue weighted by Gasteiger charge is 2.19. The van der Waals surface area contributed by atoms with E-state index in [1.807, 2.05) is 18.2 Å². The molecule has 0 atom stereocenters. The second kappa shape index (κ2) is 9.44.